The molecule has 0 saturated heterocycles. The zero-order chi connectivity index (χ0) is 25.3. The van der Waals surface area contributed by atoms with E-state index in [-0.39, 0.29) is 21.6 Å². The molecule has 16 heteroatoms. The third kappa shape index (κ3) is 12.9. The highest BCUT2D eigenvalue weighted by atomic mass is 32.2. The average molecular weight is 537 g/mol. The largest absolute Gasteiger partial charge is 0.433 e. The van der Waals surface area contributed by atoms with E-state index in [0.717, 1.165) is 18.3 Å². The van der Waals surface area contributed by atoms with Crippen molar-refractivity contribution in [2.45, 2.75) is 31.3 Å². The lowest BCUT2D eigenvalue weighted by molar-refractivity contribution is -0.142. The molecule has 0 spiro atoms. The third-order valence-corrected chi connectivity index (χ3v) is 5.95. The molecule has 0 N–H and O–H groups in total. The Labute approximate surface area is 204 Å². The number of hydrogen-bond donors (Lipinski definition) is 0. The topological polar surface area (TPSA) is 115 Å². The second kappa shape index (κ2) is 14.4. The molecule has 7 nitrogen and oxygen atoms in total. The van der Waals surface area contributed by atoms with Crippen molar-refractivity contribution < 1.29 is 30.6 Å². The maximum Gasteiger partial charge on any atom is 0.433 e. The zero-order valence-corrected chi connectivity index (χ0v) is 19.3. The van der Waals surface area contributed by atoms with E-state index in [9.17, 15) is 30.6 Å². The highest BCUT2D eigenvalue weighted by Gasteiger charge is 2.32. The monoisotopic (exact) mass is 537 g/mol. The van der Waals surface area contributed by atoms with Crippen molar-refractivity contribution in [2.24, 2.45) is 8.73 Å². The number of rotatable bonds is 4. The smallest absolute Gasteiger partial charge is 0.251 e. The van der Waals surface area contributed by atoms with Gasteiger partial charge < -0.3 is 0 Å². The van der Waals surface area contributed by atoms with Crippen molar-refractivity contribution in [1.82, 2.24) is 9.97 Å². The van der Waals surface area contributed by atoms with E-state index < -0.39 is 44.2 Å². The Kier molecular flexibility index (Phi) is 14.1. The van der Waals surface area contributed by atoms with E-state index in [1.54, 1.807) is 12.4 Å². The standard InChI is InChI=1S/C9H8F3N3OS.C9H8F3N3S.CH4.B/c1-17(16,15-6-13)5-7-2-3-8(14-4-7)9(10,11)12;1-16(15-6-13)5-7-2-3-8(14-4-7)9(10,11)12;;/h2-4H,5H2,1H3;2-4H,5H2,1H3;1H4;. The minimum absolute atomic E-state index is 0. The fourth-order valence-corrected chi connectivity index (χ4v) is 4.01. The first-order valence-corrected chi connectivity index (χ1v) is 12.4. The Bertz CT molecular complexity index is 1180. The molecule has 2 atom stereocenters. The van der Waals surface area contributed by atoms with Crippen LogP contribution in [0.15, 0.2) is 45.4 Å². The van der Waals surface area contributed by atoms with Crippen LogP contribution in [0, 0.1) is 22.9 Å². The van der Waals surface area contributed by atoms with E-state index in [0.29, 0.717) is 16.9 Å². The van der Waals surface area contributed by atoms with Gasteiger partial charge >= 0.3 is 12.4 Å². The predicted molar refractivity (Wildman–Crippen MR) is 122 cm³/mol. The summed E-state index contributed by atoms with van der Waals surface area (Å²) in [6.45, 7) is 0. The summed E-state index contributed by atoms with van der Waals surface area (Å²) in [5, 5.41) is 16.6. The van der Waals surface area contributed by atoms with Crippen LogP contribution in [0.25, 0.3) is 0 Å². The molecule has 3 radical (unpaired) electrons. The second-order valence-electron chi connectivity index (χ2n) is 6.33. The molecule has 0 bridgehead atoms. The summed E-state index contributed by atoms with van der Waals surface area (Å²) in [4.78, 5) is 6.54. The van der Waals surface area contributed by atoms with E-state index in [1.807, 2.05) is 0 Å². The van der Waals surface area contributed by atoms with Gasteiger partial charge in [0.05, 0.1) is 15.5 Å². The number of hydrogen-bond acceptors (Lipinski definition) is 7. The maximum atomic E-state index is 12.2. The van der Waals surface area contributed by atoms with E-state index in [1.165, 1.54) is 30.8 Å². The van der Waals surface area contributed by atoms with Crippen LogP contribution in [0.2, 0.25) is 0 Å². The van der Waals surface area contributed by atoms with Gasteiger partial charge in [-0.2, -0.15) is 41.2 Å². The van der Waals surface area contributed by atoms with E-state index in [2.05, 4.69) is 18.7 Å². The van der Waals surface area contributed by atoms with Gasteiger partial charge in [0.25, 0.3) is 0 Å². The Hall–Kier alpha value is -2.98. The molecular weight excluding hydrogens is 517 g/mol. The molecule has 0 aliphatic heterocycles. The van der Waals surface area contributed by atoms with Crippen molar-refractivity contribution in [1.29, 1.82) is 10.5 Å². The summed E-state index contributed by atoms with van der Waals surface area (Å²) in [5.74, 6) is 0.324. The number of halogens is 6. The van der Waals surface area contributed by atoms with Crippen LogP contribution in [-0.2, 0) is 44.3 Å². The SMILES string of the molecule is C.CS(=O)(Cc1ccc(C(F)(F)F)nc1)=NC#N.CS(Cc1ccc(C(F)(F)F)nc1)=NC#N.[B]. The van der Waals surface area contributed by atoms with Gasteiger partial charge in [-0.1, -0.05) is 30.3 Å². The molecule has 35 heavy (non-hydrogen) atoms. The first-order valence-electron chi connectivity index (χ1n) is 8.52. The van der Waals surface area contributed by atoms with E-state index >= 15 is 0 Å². The molecule has 2 unspecified atom stereocenters. The van der Waals surface area contributed by atoms with E-state index in [4.69, 9.17) is 10.5 Å². The molecule has 2 heterocycles. The van der Waals surface area contributed by atoms with Crippen LogP contribution in [0.4, 0.5) is 26.3 Å². The van der Waals surface area contributed by atoms with Gasteiger partial charge in [0.1, 0.15) is 11.4 Å². The van der Waals surface area contributed by atoms with Crippen LogP contribution in [0.5, 0.6) is 0 Å². The van der Waals surface area contributed by atoms with Crippen molar-refractivity contribution in [3.63, 3.8) is 0 Å². The molecular formula is C19H20BF6N6OS2. The van der Waals surface area contributed by atoms with Gasteiger partial charge in [-0.3, -0.25) is 9.97 Å². The normalized spacial score (nSPS) is 13.3. The van der Waals surface area contributed by atoms with Crippen LogP contribution < -0.4 is 0 Å². The number of aromatic nitrogens is 2. The van der Waals surface area contributed by atoms with Crippen LogP contribution in [-0.4, -0.2) is 35.1 Å². The van der Waals surface area contributed by atoms with Crippen molar-refractivity contribution in [3.05, 3.63) is 59.2 Å². The highest BCUT2D eigenvalue weighted by Crippen LogP contribution is 2.28. The molecule has 2 rings (SSSR count). The summed E-state index contributed by atoms with van der Waals surface area (Å²) in [6, 6.07) is 4.26. The number of nitriles is 2. The molecule has 189 valence electrons. The van der Waals surface area contributed by atoms with Crippen molar-refractivity contribution in [2.75, 3.05) is 12.5 Å². The minimum Gasteiger partial charge on any atom is -0.251 e. The minimum atomic E-state index is -4.50. The summed E-state index contributed by atoms with van der Waals surface area (Å²) >= 11 is 0. The molecule has 0 aliphatic rings. The zero-order valence-electron chi connectivity index (χ0n) is 17.6. The fraction of sp³-hybridized carbons (Fsp3) is 0.368. The summed E-state index contributed by atoms with van der Waals surface area (Å²) in [5.41, 5.74) is -0.951. The Balaban J connectivity index is 0. The lowest BCUT2D eigenvalue weighted by Crippen LogP contribution is -2.08. The average Bonchev–Trinajstić information content (AvgIpc) is 2.67. The second-order valence-corrected chi connectivity index (χ2v) is 10.4. The Morgan fingerprint density at radius 3 is 1.74 bits per heavy atom. The lowest BCUT2D eigenvalue weighted by atomic mass is 10.3. The van der Waals surface area contributed by atoms with Gasteiger partial charge in [0.2, 0.25) is 12.4 Å². The van der Waals surface area contributed by atoms with Crippen molar-refractivity contribution in [3.8, 4) is 12.4 Å². The van der Waals surface area contributed by atoms with Gasteiger partial charge in [0.15, 0.2) is 0 Å². The van der Waals surface area contributed by atoms with Crippen LogP contribution in [0.1, 0.15) is 29.9 Å². The Morgan fingerprint density at radius 2 is 1.40 bits per heavy atom. The first kappa shape index (κ1) is 34.2. The summed E-state index contributed by atoms with van der Waals surface area (Å²) in [7, 11) is -3.25. The third-order valence-electron chi connectivity index (χ3n) is 3.47. The number of nitrogens with zero attached hydrogens (tertiary/aromatic N) is 6. The van der Waals surface area contributed by atoms with Gasteiger partial charge in [-0.25, -0.2) is 4.21 Å². The quantitative estimate of drug-likeness (QED) is 0.311. The number of pyridine rings is 2. The molecule has 0 aromatic carbocycles. The highest BCUT2D eigenvalue weighted by molar-refractivity contribution is 7.92. The molecule has 2 aromatic heterocycles. The predicted octanol–water partition coefficient (Wildman–Crippen LogP) is 4.95. The molecule has 0 amide bonds. The van der Waals surface area contributed by atoms with Gasteiger partial charge in [-0.05, 0) is 29.5 Å². The van der Waals surface area contributed by atoms with Crippen LogP contribution >= 0.6 is 0 Å². The van der Waals surface area contributed by atoms with Crippen molar-refractivity contribution >= 4 is 28.8 Å². The molecule has 0 saturated carbocycles. The molecule has 0 aliphatic carbocycles. The molecule has 2 aromatic rings. The number of alkyl halides is 6. The van der Waals surface area contributed by atoms with Gasteiger partial charge in [0, 0.05) is 32.8 Å². The first-order chi connectivity index (χ1) is 15.2. The summed E-state index contributed by atoms with van der Waals surface area (Å²) < 4.78 is 91.5. The Morgan fingerprint density at radius 1 is 0.943 bits per heavy atom. The van der Waals surface area contributed by atoms with Gasteiger partial charge in [-0.15, -0.1) is 4.36 Å². The fourth-order valence-electron chi connectivity index (χ4n) is 2.13. The summed E-state index contributed by atoms with van der Waals surface area (Å²) in [6.07, 6.45) is -0.691. The molecule has 0 fully saturated rings. The lowest BCUT2D eigenvalue weighted by Gasteiger charge is -2.06. The maximum absolute atomic E-state index is 12.2. The van der Waals surface area contributed by atoms with Crippen LogP contribution in [0.3, 0.4) is 0 Å².